The average Bonchev–Trinajstić information content (AvgIpc) is 2.70. The minimum atomic E-state index is -0.0335. The molecule has 0 bridgehead atoms. The van der Waals surface area contributed by atoms with Gasteiger partial charge in [0.05, 0.1) is 11.3 Å². The lowest BCUT2D eigenvalue weighted by molar-refractivity contribution is -0.119. The summed E-state index contributed by atoms with van der Waals surface area (Å²) in [6, 6.07) is 17.7. The summed E-state index contributed by atoms with van der Waals surface area (Å²) in [6.45, 7) is 5.21. The number of rotatable bonds is 9. The van der Waals surface area contributed by atoms with Crippen molar-refractivity contribution in [3.05, 3.63) is 60.2 Å². The van der Waals surface area contributed by atoms with Crippen LogP contribution < -0.4 is 10.2 Å². The van der Waals surface area contributed by atoms with Crippen LogP contribution in [0.15, 0.2) is 59.5 Å². The maximum absolute atomic E-state index is 12.9. The van der Waals surface area contributed by atoms with Crippen LogP contribution in [0.5, 0.6) is 0 Å². The van der Waals surface area contributed by atoms with Crippen LogP contribution in [0.3, 0.4) is 0 Å². The molecule has 150 valence electrons. The molecule has 2 rings (SSSR count). The first kappa shape index (κ1) is 21.8. The standard InChI is InChI=1S/C22H29N3O2S/c1-17(2)23-21(26)16-28-20-13-9-8-12-19(20)22(27)25(4)15-14-24(3)18-10-6-5-7-11-18/h5-13,17H,14-16H2,1-4H3,(H,23,26). The van der Waals surface area contributed by atoms with Crippen molar-refractivity contribution in [1.29, 1.82) is 0 Å². The quantitative estimate of drug-likeness (QED) is 0.656. The van der Waals surface area contributed by atoms with Gasteiger partial charge in [-0.25, -0.2) is 0 Å². The van der Waals surface area contributed by atoms with Crippen molar-refractivity contribution in [3.63, 3.8) is 0 Å². The molecule has 0 radical (unpaired) electrons. The van der Waals surface area contributed by atoms with Crippen LogP contribution in [0.25, 0.3) is 0 Å². The smallest absolute Gasteiger partial charge is 0.254 e. The highest BCUT2D eigenvalue weighted by molar-refractivity contribution is 8.00. The molecule has 5 nitrogen and oxygen atoms in total. The molecule has 0 aromatic heterocycles. The molecule has 0 unspecified atom stereocenters. The largest absolute Gasteiger partial charge is 0.373 e. The van der Waals surface area contributed by atoms with Crippen molar-refractivity contribution in [2.24, 2.45) is 0 Å². The van der Waals surface area contributed by atoms with E-state index >= 15 is 0 Å². The second kappa shape index (κ2) is 10.8. The molecule has 0 atom stereocenters. The van der Waals surface area contributed by atoms with Gasteiger partial charge in [0.2, 0.25) is 5.91 Å². The number of nitrogens with zero attached hydrogens (tertiary/aromatic N) is 2. The van der Waals surface area contributed by atoms with Crippen molar-refractivity contribution in [1.82, 2.24) is 10.2 Å². The molecule has 0 spiro atoms. The summed E-state index contributed by atoms with van der Waals surface area (Å²) in [5, 5.41) is 2.87. The molecule has 0 saturated heterocycles. The Labute approximate surface area is 172 Å². The number of carbonyl (C=O) groups is 2. The molecule has 2 aromatic carbocycles. The van der Waals surface area contributed by atoms with Crippen molar-refractivity contribution in [2.75, 3.05) is 37.8 Å². The number of amides is 2. The van der Waals surface area contributed by atoms with Gasteiger partial charge in [0, 0.05) is 43.8 Å². The van der Waals surface area contributed by atoms with Crippen molar-refractivity contribution >= 4 is 29.3 Å². The number of thioether (sulfide) groups is 1. The summed E-state index contributed by atoms with van der Waals surface area (Å²) in [5.74, 6) is 0.233. The van der Waals surface area contributed by atoms with Crippen LogP contribution >= 0.6 is 11.8 Å². The number of carbonyl (C=O) groups excluding carboxylic acids is 2. The highest BCUT2D eigenvalue weighted by Crippen LogP contribution is 2.23. The maximum atomic E-state index is 12.9. The summed E-state index contributed by atoms with van der Waals surface area (Å²) in [4.78, 5) is 29.5. The van der Waals surface area contributed by atoms with E-state index in [1.165, 1.54) is 11.8 Å². The number of likely N-dealkylation sites (N-methyl/N-ethyl adjacent to an activating group) is 2. The Morgan fingerprint density at radius 1 is 0.964 bits per heavy atom. The SMILES string of the molecule is CC(C)NC(=O)CSc1ccccc1C(=O)N(C)CCN(C)c1ccccc1. The second-order valence-electron chi connectivity index (χ2n) is 6.99. The Balaban J connectivity index is 1.96. The molecule has 2 aromatic rings. The van der Waals surface area contributed by atoms with E-state index in [1.54, 1.807) is 4.90 Å². The fraction of sp³-hybridized carbons (Fsp3) is 0.364. The minimum Gasteiger partial charge on any atom is -0.373 e. The van der Waals surface area contributed by atoms with E-state index in [0.717, 1.165) is 17.1 Å². The number of anilines is 1. The van der Waals surface area contributed by atoms with Gasteiger partial charge in [0.15, 0.2) is 0 Å². The molecule has 0 saturated carbocycles. The van der Waals surface area contributed by atoms with E-state index in [2.05, 4.69) is 22.3 Å². The zero-order chi connectivity index (χ0) is 20.5. The highest BCUT2D eigenvalue weighted by atomic mass is 32.2. The second-order valence-corrected chi connectivity index (χ2v) is 8.01. The molecule has 6 heteroatoms. The van der Waals surface area contributed by atoms with E-state index in [1.807, 2.05) is 70.4 Å². The van der Waals surface area contributed by atoms with E-state index in [-0.39, 0.29) is 17.9 Å². The summed E-state index contributed by atoms with van der Waals surface area (Å²) in [5.41, 5.74) is 1.75. The van der Waals surface area contributed by atoms with Crippen LogP contribution in [-0.4, -0.2) is 55.7 Å². The summed E-state index contributed by atoms with van der Waals surface area (Å²) in [6.07, 6.45) is 0. The molecule has 0 aliphatic carbocycles. The zero-order valence-electron chi connectivity index (χ0n) is 17.0. The van der Waals surface area contributed by atoms with Crippen LogP contribution in [0.1, 0.15) is 24.2 Å². The Kier molecular flexibility index (Phi) is 8.39. The van der Waals surface area contributed by atoms with Crippen molar-refractivity contribution in [3.8, 4) is 0 Å². The van der Waals surface area contributed by atoms with Crippen LogP contribution in [-0.2, 0) is 4.79 Å². The third kappa shape index (κ3) is 6.60. The average molecular weight is 400 g/mol. The van der Waals surface area contributed by atoms with E-state index in [0.29, 0.717) is 17.9 Å². The summed E-state index contributed by atoms with van der Waals surface area (Å²) >= 11 is 1.39. The van der Waals surface area contributed by atoms with E-state index in [9.17, 15) is 9.59 Å². The third-order valence-electron chi connectivity index (χ3n) is 4.24. The number of hydrogen-bond acceptors (Lipinski definition) is 4. The predicted octanol–water partition coefficient (Wildman–Crippen LogP) is 3.51. The van der Waals surface area contributed by atoms with Gasteiger partial charge in [-0.05, 0) is 38.1 Å². The molecule has 0 aliphatic rings. The Morgan fingerprint density at radius 3 is 2.29 bits per heavy atom. The summed E-state index contributed by atoms with van der Waals surface area (Å²) < 4.78 is 0. The van der Waals surface area contributed by atoms with Gasteiger partial charge in [-0.1, -0.05) is 30.3 Å². The first-order chi connectivity index (χ1) is 13.4. The maximum Gasteiger partial charge on any atom is 0.254 e. The first-order valence-corrected chi connectivity index (χ1v) is 10.4. The molecule has 28 heavy (non-hydrogen) atoms. The molecule has 2 amide bonds. The van der Waals surface area contributed by atoms with Gasteiger partial charge < -0.3 is 15.1 Å². The Bertz CT molecular complexity index is 780. The molecule has 0 heterocycles. The molecular formula is C22H29N3O2S. The van der Waals surface area contributed by atoms with Gasteiger partial charge in [0.25, 0.3) is 5.91 Å². The Morgan fingerprint density at radius 2 is 1.61 bits per heavy atom. The minimum absolute atomic E-state index is 0.0277. The van der Waals surface area contributed by atoms with Gasteiger partial charge in [-0.3, -0.25) is 9.59 Å². The van der Waals surface area contributed by atoms with Gasteiger partial charge in [-0.15, -0.1) is 11.8 Å². The molecule has 1 N–H and O–H groups in total. The number of hydrogen-bond donors (Lipinski definition) is 1. The fourth-order valence-corrected chi connectivity index (χ4v) is 3.55. The zero-order valence-corrected chi connectivity index (χ0v) is 17.8. The number of nitrogens with one attached hydrogen (secondary N) is 1. The molecule has 0 aliphatic heterocycles. The normalized spacial score (nSPS) is 10.6. The van der Waals surface area contributed by atoms with Gasteiger partial charge >= 0.3 is 0 Å². The first-order valence-electron chi connectivity index (χ1n) is 9.41. The van der Waals surface area contributed by atoms with Crippen molar-refractivity contribution < 1.29 is 9.59 Å². The van der Waals surface area contributed by atoms with E-state index < -0.39 is 0 Å². The van der Waals surface area contributed by atoms with Crippen LogP contribution in [0, 0.1) is 0 Å². The predicted molar refractivity (Wildman–Crippen MR) is 117 cm³/mol. The molecule has 0 fully saturated rings. The highest BCUT2D eigenvalue weighted by Gasteiger charge is 2.17. The topological polar surface area (TPSA) is 52.7 Å². The van der Waals surface area contributed by atoms with Crippen LogP contribution in [0.2, 0.25) is 0 Å². The van der Waals surface area contributed by atoms with Gasteiger partial charge in [-0.2, -0.15) is 0 Å². The third-order valence-corrected chi connectivity index (χ3v) is 5.31. The van der Waals surface area contributed by atoms with Crippen LogP contribution in [0.4, 0.5) is 5.69 Å². The Hall–Kier alpha value is -2.47. The van der Waals surface area contributed by atoms with Crippen molar-refractivity contribution in [2.45, 2.75) is 24.8 Å². The lowest BCUT2D eigenvalue weighted by Crippen LogP contribution is -2.35. The lowest BCUT2D eigenvalue weighted by atomic mass is 10.2. The summed E-state index contributed by atoms with van der Waals surface area (Å²) in [7, 11) is 3.83. The lowest BCUT2D eigenvalue weighted by Gasteiger charge is -2.24. The number of benzene rings is 2. The fourth-order valence-electron chi connectivity index (χ4n) is 2.69. The van der Waals surface area contributed by atoms with Gasteiger partial charge in [0.1, 0.15) is 0 Å². The van der Waals surface area contributed by atoms with E-state index in [4.69, 9.17) is 0 Å². The number of para-hydroxylation sites is 1. The molecular weight excluding hydrogens is 370 g/mol. The monoisotopic (exact) mass is 399 g/mol.